The lowest BCUT2D eigenvalue weighted by Gasteiger charge is -2.18. The predicted octanol–water partition coefficient (Wildman–Crippen LogP) is 3.13. The third-order valence-corrected chi connectivity index (χ3v) is 3.38. The molecule has 1 aliphatic rings. The summed E-state index contributed by atoms with van der Waals surface area (Å²) in [7, 11) is 0. The molecule has 2 rings (SSSR count). The summed E-state index contributed by atoms with van der Waals surface area (Å²) in [5, 5.41) is 4.15. The van der Waals surface area contributed by atoms with Crippen LogP contribution < -0.4 is 5.73 Å². The van der Waals surface area contributed by atoms with Crippen molar-refractivity contribution in [3.63, 3.8) is 0 Å². The fraction of sp³-hybridized carbons (Fsp3) is 0.750. The highest BCUT2D eigenvalue weighted by atomic mass is 16.5. The minimum Gasteiger partial charge on any atom is -0.359 e. The number of nitrogens with zero attached hydrogens (tertiary/aromatic N) is 1. The van der Waals surface area contributed by atoms with Crippen molar-refractivity contribution < 1.29 is 4.52 Å². The Balaban J connectivity index is 2.05. The van der Waals surface area contributed by atoms with E-state index in [0.29, 0.717) is 5.92 Å². The van der Waals surface area contributed by atoms with Crippen LogP contribution in [0, 0.1) is 0 Å². The molecule has 1 unspecified atom stereocenters. The van der Waals surface area contributed by atoms with E-state index in [2.05, 4.69) is 18.1 Å². The first-order valence-corrected chi connectivity index (χ1v) is 6.03. The Kier molecular flexibility index (Phi) is 3.41. The molecule has 1 heterocycles. The first-order valence-electron chi connectivity index (χ1n) is 6.03. The van der Waals surface area contributed by atoms with Crippen LogP contribution in [0.15, 0.2) is 10.6 Å². The lowest BCUT2D eigenvalue weighted by Crippen LogP contribution is -2.07. The van der Waals surface area contributed by atoms with Crippen LogP contribution in [0.4, 0.5) is 0 Å². The normalized spacial score (nSPS) is 20.4. The first kappa shape index (κ1) is 10.7. The Hall–Kier alpha value is -0.830. The van der Waals surface area contributed by atoms with Gasteiger partial charge in [0.05, 0.1) is 11.7 Å². The first-order chi connectivity index (χ1) is 7.31. The summed E-state index contributed by atoms with van der Waals surface area (Å²) in [6, 6.07) is 2.07. The van der Waals surface area contributed by atoms with Gasteiger partial charge in [-0.3, -0.25) is 0 Å². The maximum atomic E-state index is 5.90. The van der Waals surface area contributed by atoms with Gasteiger partial charge in [-0.2, -0.15) is 0 Å². The minimum absolute atomic E-state index is 0.00911. The maximum Gasteiger partial charge on any atom is 0.153 e. The van der Waals surface area contributed by atoms with Crippen LogP contribution in [0.25, 0.3) is 0 Å². The van der Waals surface area contributed by atoms with Gasteiger partial charge in [-0.1, -0.05) is 31.3 Å². The Morgan fingerprint density at radius 2 is 2.20 bits per heavy atom. The Morgan fingerprint density at radius 3 is 2.87 bits per heavy atom. The molecule has 0 bridgehead atoms. The van der Waals surface area contributed by atoms with E-state index >= 15 is 0 Å². The molecule has 1 aromatic heterocycles. The fourth-order valence-electron chi connectivity index (χ4n) is 2.27. The molecule has 3 nitrogen and oxygen atoms in total. The van der Waals surface area contributed by atoms with Crippen molar-refractivity contribution in [2.45, 2.75) is 57.4 Å². The zero-order chi connectivity index (χ0) is 10.7. The fourth-order valence-corrected chi connectivity index (χ4v) is 2.27. The minimum atomic E-state index is 0.00911. The molecule has 15 heavy (non-hydrogen) atoms. The molecule has 0 radical (unpaired) electrons. The molecule has 1 fully saturated rings. The summed E-state index contributed by atoms with van der Waals surface area (Å²) in [6.45, 7) is 2.06. The van der Waals surface area contributed by atoms with Crippen molar-refractivity contribution in [1.29, 1.82) is 0 Å². The van der Waals surface area contributed by atoms with E-state index in [0.717, 1.165) is 17.9 Å². The topological polar surface area (TPSA) is 52.0 Å². The second-order valence-electron chi connectivity index (χ2n) is 4.50. The zero-order valence-electron chi connectivity index (χ0n) is 9.41. The van der Waals surface area contributed by atoms with Gasteiger partial charge < -0.3 is 10.3 Å². The van der Waals surface area contributed by atoms with Crippen molar-refractivity contribution in [3.8, 4) is 0 Å². The number of nitrogens with two attached hydrogens (primary N) is 1. The van der Waals surface area contributed by atoms with Gasteiger partial charge in [0.1, 0.15) is 0 Å². The van der Waals surface area contributed by atoms with Gasteiger partial charge in [-0.05, 0) is 19.3 Å². The van der Waals surface area contributed by atoms with Crippen molar-refractivity contribution in [2.24, 2.45) is 5.73 Å². The van der Waals surface area contributed by atoms with Gasteiger partial charge >= 0.3 is 0 Å². The molecule has 84 valence electrons. The maximum absolute atomic E-state index is 5.90. The smallest absolute Gasteiger partial charge is 0.153 e. The largest absolute Gasteiger partial charge is 0.359 e. The number of rotatable bonds is 3. The second-order valence-corrected chi connectivity index (χ2v) is 4.50. The standard InChI is InChI=1S/C12H20N2O/c1-2-10(13)12-8-11(14-15-12)9-6-4-3-5-7-9/h8-10H,2-7,13H2,1H3. The molecule has 1 aliphatic carbocycles. The molecule has 0 saturated heterocycles. The van der Waals surface area contributed by atoms with Crippen LogP contribution in [-0.4, -0.2) is 5.16 Å². The highest BCUT2D eigenvalue weighted by Crippen LogP contribution is 2.32. The van der Waals surface area contributed by atoms with Gasteiger partial charge in [0.2, 0.25) is 0 Å². The molecule has 2 N–H and O–H groups in total. The number of hydrogen-bond donors (Lipinski definition) is 1. The third kappa shape index (κ3) is 2.40. The van der Waals surface area contributed by atoms with E-state index in [1.807, 2.05) is 0 Å². The van der Waals surface area contributed by atoms with Crippen LogP contribution in [-0.2, 0) is 0 Å². The summed E-state index contributed by atoms with van der Waals surface area (Å²) in [4.78, 5) is 0. The lowest BCUT2D eigenvalue weighted by molar-refractivity contribution is 0.341. The summed E-state index contributed by atoms with van der Waals surface area (Å²) < 4.78 is 5.30. The van der Waals surface area contributed by atoms with E-state index in [-0.39, 0.29) is 6.04 Å². The Labute approximate surface area is 91.0 Å². The Morgan fingerprint density at radius 1 is 1.47 bits per heavy atom. The van der Waals surface area contributed by atoms with Crippen LogP contribution in [0.3, 0.4) is 0 Å². The number of aromatic nitrogens is 1. The van der Waals surface area contributed by atoms with Crippen LogP contribution in [0.1, 0.15) is 68.9 Å². The van der Waals surface area contributed by atoms with E-state index < -0.39 is 0 Å². The summed E-state index contributed by atoms with van der Waals surface area (Å²) >= 11 is 0. The second kappa shape index (κ2) is 4.79. The molecule has 1 atom stereocenters. The van der Waals surface area contributed by atoms with Crippen LogP contribution >= 0.6 is 0 Å². The lowest BCUT2D eigenvalue weighted by atomic mass is 9.87. The van der Waals surface area contributed by atoms with E-state index in [1.54, 1.807) is 0 Å². The predicted molar refractivity (Wildman–Crippen MR) is 59.5 cm³/mol. The average molecular weight is 208 g/mol. The summed E-state index contributed by atoms with van der Waals surface area (Å²) in [5.74, 6) is 1.46. The molecule has 1 aromatic rings. The van der Waals surface area contributed by atoms with Gasteiger partial charge in [0.25, 0.3) is 0 Å². The highest BCUT2D eigenvalue weighted by Gasteiger charge is 2.20. The Bertz CT molecular complexity index is 302. The molecular formula is C12H20N2O. The van der Waals surface area contributed by atoms with Gasteiger partial charge in [-0.15, -0.1) is 0 Å². The van der Waals surface area contributed by atoms with Gasteiger partial charge in [-0.25, -0.2) is 0 Å². The van der Waals surface area contributed by atoms with Crippen molar-refractivity contribution in [1.82, 2.24) is 5.16 Å². The zero-order valence-corrected chi connectivity index (χ0v) is 9.41. The summed E-state index contributed by atoms with van der Waals surface area (Å²) in [6.07, 6.45) is 7.44. The average Bonchev–Trinajstić information content (AvgIpc) is 2.78. The van der Waals surface area contributed by atoms with Crippen LogP contribution in [0.5, 0.6) is 0 Å². The molecule has 3 heteroatoms. The number of hydrogen-bond acceptors (Lipinski definition) is 3. The molecule has 0 aromatic carbocycles. The SMILES string of the molecule is CCC(N)c1cc(C2CCCCC2)no1. The molecule has 0 aliphatic heterocycles. The van der Waals surface area contributed by atoms with Gasteiger partial charge in [0.15, 0.2) is 5.76 Å². The summed E-state index contributed by atoms with van der Waals surface area (Å²) in [5.41, 5.74) is 7.02. The van der Waals surface area contributed by atoms with E-state index in [1.165, 1.54) is 32.1 Å². The molecule has 0 amide bonds. The van der Waals surface area contributed by atoms with Gasteiger partial charge in [0, 0.05) is 12.0 Å². The monoisotopic (exact) mass is 208 g/mol. The van der Waals surface area contributed by atoms with Crippen molar-refractivity contribution >= 4 is 0 Å². The van der Waals surface area contributed by atoms with Crippen molar-refractivity contribution in [2.75, 3.05) is 0 Å². The van der Waals surface area contributed by atoms with Crippen LogP contribution in [0.2, 0.25) is 0 Å². The quantitative estimate of drug-likeness (QED) is 0.830. The third-order valence-electron chi connectivity index (χ3n) is 3.38. The van der Waals surface area contributed by atoms with E-state index in [4.69, 9.17) is 10.3 Å². The molecule has 0 spiro atoms. The highest BCUT2D eigenvalue weighted by molar-refractivity contribution is 5.13. The molecule has 1 saturated carbocycles. The molecular weight excluding hydrogens is 188 g/mol. The van der Waals surface area contributed by atoms with Crippen molar-refractivity contribution in [3.05, 3.63) is 17.5 Å². The van der Waals surface area contributed by atoms with E-state index in [9.17, 15) is 0 Å².